The first-order valence-corrected chi connectivity index (χ1v) is 19.6. The highest BCUT2D eigenvalue weighted by Gasteiger charge is 2.45. The number of hydrogen-bond donors (Lipinski definition) is 6. The molecule has 6 rings (SSSR count). The van der Waals surface area contributed by atoms with Crippen molar-refractivity contribution in [3.63, 3.8) is 0 Å². The Balaban J connectivity index is 1.12. The number of aliphatic hydroxyl groups is 2. The maximum absolute atomic E-state index is 13.7. The molecule has 0 spiro atoms. The number of benzene rings is 1. The summed E-state index contributed by atoms with van der Waals surface area (Å²) >= 11 is 0. The van der Waals surface area contributed by atoms with E-state index in [1.807, 2.05) is 6.08 Å². The average molecular weight is 702 g/mol. The van der Waals surface area contributed by atoms with Gasteiger partial charge in [-0.2, -0.15) is 0 Å². The zero-order chi connectivity index (χ0) is 36.0. The van der Waals surface area contributed by atoms with E-state index in [1.165, 1.54) is 39.2 Å². The Morgan fingerprint density at radius 2 is 1.90 bits per heavy atom. The topological polar surface area (TPSA) is 154 Å². The van der Waals surface area contributed by atoms with E-state index in [2.05, 4.69) is 28.6 Å². The fourth-order valence-electron chi connectivity index (χ4n) is 9.81. The van der Waals surface area contributed by atoms with Crippen LogP contribution in [0.3, 0.4) is 0 Å². The Hall–Kier alpha value is -3.32. The molecule has 2 saturated carbocycles. The number of nitrogens with one attached hydrogen (secondary N) is 2. The lowest BCUT2D eigenvalue weighted by molar-refractivity contribution is -0.124. The normalized spacial score (nSPS) is 28.6. The van der Waals surface area contributed by atoms with Crippen LogP contribution >= 0.6 is 0 Å². The number of aromatic hydroxyl groups is 1. The number of allylic oxidation sites excluding steroid dienone is 2. The van der Waals surface area contributed by atoms with Gasteiger partial charge in [-0.05, 0) is 129 Å². The quantitative estimate of drug-likeness (QED) is 0.150. The molecule has 0 amide bonds. The molecule has 278 valence electrons. The number of ether oxygens (including phenoxy) is 1. The van der Waals surface area contributed by atoms with E-state index in [9.17, 15) is 24.9 Å². The molecular formula is C42H59N3O6. The number of phenols is 1. The molecule has 0 bridgehead atoms. The SMILES string of the molecule is COc1cc2c(cc1O)C(CCC(O)CCC1=CCNC(N)=C1)C#CC(C(O)CCCC1(C3CNC4CC(=O)CCC4C3)CCCC1)C(=O)CC2. The second-order valence-corrected chi connectivity index (χ2v) is 16.1. The van der Waals surface area contributed by atoms with Crippen LogP contribution in [-0.2, 0) is 16.0 Å². The van der Waals surface area contributed by atoms with Crippen molar-refractivity contribution in [3.8, 4) is 23.3 Å². The molecule has 9 nitrogen and oxygen atoms in total. The number of ketones is 2. The maximum atomic E-state index is 13.7. The van der Waals surface area contributed by atoms with Crippen LogP contribution in [0, 0.1) is 35.0 Å². The molecule has 0 aromatic heterocycles. The van der Waals surface area contributed by atoms with E-state index < -0.39 is 18.1 Å². The number of piperidine rings is 1. The number of dihydropyridines is 1. The highest BCUT2D eigenvalue weighted by molar-refractivity contribution is 5.85. The number of rotatable bonds is 13. The van der Waals surface area contributed by atoms with Crippen LogP contribution in [0.2, 0.25) is 0 Å². The number of fused-ring (bicyclic) bond motifs is 2. The molecular weight excluding hydrogens is 642 g/mol. The number of hydrogen-bond acceptors (Lipinski definition) is 9. The number of carbonyl (C=O) groups excluding carboxylic acids is 2. The van der Waals surface area contributed by atoms with Gasteiger partial charge in [0, 0.05) is 37.8 Å². The Kier molecular flexibility index (Phi) is 12.5. The number of phenolic OH excluding ortho intramolecular Hbond substituents is 1. The minimum absolute atomic E-state index is 0.0227. The molecule has 3 aliphatic carbocycles. The summed E-state index contributed by atoms with van der Waals surface area (Å²) in [6.07, 6.45) is 16.6. The molecule has 2 heterocycles. The summed E-state index contributed by atoms with van der Waals surface area (Å²) in [6, 6.07) is 3.84. The summed E-state index contributed by atoms with van der Waals surface area (Å²) in [6.45, 7) is 1.66. The maximum Gasteiger partial charge on any atom is 0.160 e. The van der Waals surface area contributed by atoms with Crippen molar-refractivity contribution in [2.75, 3.05) is 20.2 Å². The largest absolute Gasteiger partial charge is 0.504 e. The van der Waals surface area contributed by atoms with Gasteiger partial charge in [-0.25, -0.2) is 0 Å². The highest BCUT2D eigenvalue weighted by atomic mass is 16.5. The summed E-state index contributed by atoms with van der Waals surface area (Å²) in [5.41, 5.74) is 9.03. The van der Waals surface area contributed by atoms with Crippen LogP contribution in [0.15, 0.2) is 35.7 Å². The lowest BCUT2D eigenvalue weighted by Crippen LogP contribution is -2.52. The number of aryl methyl sites for hydroxylation is 1. The minimum atomic E-state index is -0.851. The van der Waals surface area contributed by atoms with Gasteiger partial charge in [0.1, 0.15) is 11.7 Å². The van der Waals surface area contributed by atoms with Crippen LogP contribution in [0.4, 0.5) is 0 Å². The molecule has 5 aliphatic rings. The van der Waals surface area contributed by atoms with Gasteiger partial charge in [0.05, 0.1) is 25.1 Å². The van der Waals surface area contributed by atoms with E-state index in [0.717, 1.165) is 55.3 Å². The van der Waals surface area contributed by atoms with Crippen molar-refractivity contribution in [2.24, 2.45) is 28.9 Å². The third kappa shape index (κ3) is 9.19. The lowest BCUT2D eigenvalue weighted by atomic mass is 9.63. The standard InChI is InChI=1S/C42H59N3O6/c1-51-40-23-29-10-15-38(49)34(14-9-28(35(29)25-39(40)50)7-12-32(46)11-6-27-16-20-44-41(43)21-27)37(48)5-4-19-42(17-2-3-18-42)31-22-30-8-13-33(47)24-36(30)45-26-31/h16,21,23,25,28,30-32,34,36-37,44-46,48,50H,2-8,10-13,15,17-20,22,24,26,43H2,1H3. The van der Waals surface area contributed by atoms with Gasteiger partial charge in [0.25, 0.3) is 0 Å². The van der Waals surface area contributed by atoms with Crippen molar-refractivity contribution in [3.05, 3.63) is 46.8 Å². The Morgan fingerprint density at radius 1 is 1.08 bits per heavy atom. The Bertz CT molecular complexity index is 1530. The monoisotopic (exact) mass is 701 g/mol. The number of Topliss-reactive ketones (excluding diaryl/α,β-unsaturated/α-hetero) is 2. The molecule has 1 aromatic rings. The molecule has 2 aliphatic heterocycles. The number of aliphatic hydroxyl groups excluding tert-OH is 2. The Labute approximate surface area is 303 Å². The Morgan fingerprint density at radius 3 is 2.69 bits per heavy atom. The molecule has 3 fully saturated rings. The van der Waals surface area contributed by atoms with Gasteiger partial charge in [-0.1, -0.05) is 37.2 Å². The third-order valence-electron chi connectivity index (χ3n) is 12.8. The predicted octanol–water partition coefficient (Wildman–Crippen LogP) is 5.31. The smallest absolute Gasteiger partial charge is 0.160 e. The summed E-state index contributed by atoms with van der Waals surface area (Å²) in [5, 5.41) is 40.1. The zero-order valence-electron chi connectivity index (χ0n) is 30.4. The van der Waals surface area contributed by atoms with Gasteiger partial charge >= 0.3 is 0 Å². The van der Waals surface area contributed by atoms with Gasteiger partial charge < -0.3 is 36.4 Å². The van der Waals surface area contributed by atoms with Crippen molar-refractivity contribution in [1.82, 2.24) is 10.6 Å². The zero-order valence-corrected chi connectivity index (χ0v) is 30.4. The van der Waals surface area contributed by atoms with Crippen molar-refractivity contribution in [2.45, 2.75) is 133 Å². The van der Waals surface area contributed by atoms with Crippen LogP contribution in [0.1, 0.15) is 120 Å². The molecule has 7 N–H and O–H groups in total. The molecule has 7 unspecified atom stereocenters. The lowest BCUT2D eigenvalue weighted by Gasteiger charge is -2.47. The van der Waals surface area contributed by atoms with E-state index >= 15 is 0 Å². The third-order valence-corrected chi connectivity index (χ3v) is 12.8. The molecule has 9 heteroatoms. The highest BCUT2D eigenvalue weighted by Crippen LogP contribution is 2.52. The molecule has 7 atom stereocenters. The van der Waals surface area contributed by atoms with Crippen molar-refractivity contribution in [1.29, 1.82) is 0 Å². The van der Waals surface area contributed by atoms with E-state index in [4.69, 9.17) is 10.5 Å². The first-order chi connectivity index (χ1) is 24.6. The van der Waals surface area contributed by atoms with Gasteiger partial charge in [0.2, 0.25) is 0 Å². The number of methoxy groups -OCH3 is 1. The van der Waals surface area contributed by atoms with Crippen LogP contribution in [-0.4, -0.2) is 65.3 Å². The fraction of sp³-hybridized carbons (Fsp3) is 0.667. The summed E-state index contributed by atoms with van der Waals surface area (Å²) in [4.78, 5) is 25.7. The van der Waals surface area contributed by atoms with E-state index in [1.54, 1.807) is 12.1 Å². The van der Waals surface area contributed by atoms with Crippen LogP contribution in [0.25, 0.3) is 0 Å². The molecule has 1 aromatic carbocycles. The number of carbonyl (C=O) groups is 2. The van der Waals surface area contributed by atoms with Crippen molar-refractivity contribution < 1.29 is 29.6 Å². The van der Waals surface area contributed by atoms with Crippen LogP contribution in [0.5, 0.6) is 11.5 Å². The van der Waals surface area contributed by atoms with Gasteiger partial charge in [-0.3, -0.25) is 9.59 Å². The van der Waals surface area contributed by atoms with Gasteiger partial charge in [-0.15, -0.1) is 0 Å². The summed E-state index contributed by atoms with van der Waals surface area (Å²) in [5.74, 6) is 8.02. The minimum Gasteiger partial charge on any atom is -0.504 e. The average Bonchev–Trinajstić information content (AvgIpc) is 3.62. The first kappa shape index (κ1) is 37.4. The predicted molar refractivity (Wildman–Crippen MR) is 198 cm³/mol. The van der Waals surface area contributed by atoms with Crippen LogP contribution < -0.4 is 21.1 Å². The van der Waals surface area contributed by atoms with Crippen molar-refractivity contribution >= 4 is 11.6 Å². The molecule has 51 heavy (non-hydrogen) atoms. The van der Waals surface area contributed by atoms with E-state index in [-0.39, 0.29) is 29.3 Å². The summed E-state index contributed by atoms with van der Waals surface area (Å²) in [7, 11) is 1.51. The first-order valence-electron chi connectivity index (χ1n) is 19.6. The second kappa shape index (κ2) is 17.0. The fourth-order valence-corrected chi connectivity index (χ4v) is 9.81. The molecule has 1 saturated heterocycles. The summed E-state index contributed by atoms with van der Waals surface area (Å²) < 4.78 is 5.41. The van der Waals surface area contributed by atoms with Gasteiger partial charge in [0.15, 0.2) is 17.3 Å². The number of nitrogens with two attached hydrogens (primary N) is 1. The second-order valence-electron chi connectivity index (χ2n) is 16.1. The van der Waals surface area contributed by atoms with E-state index in [0.29, 0.717) is 80.3 Å². The molecule has 0 radical (unpaired) electrons.